The third-order valence-electron chi connectivity index (χ3n) is 2.56. The molecule has 0 fully saturated rings. The standard InChI is InChI=1S/C16H25N3O6/c1-15(2,3)24-13(21)17-9-10-8-11(12(20)23-7)18-19(10)14(22)25-16(4,5)6/h8H,9H2,1-7H3,(H,17,21). The predicted octanol–water partition coefficient (Wildman–Crippen LogP) is 2.48. The van der Waals surface area contributed by atoms with Crippen LogP contribution in [0.5, 0.6) is 0 Å². The summed E-state index contributed by atoms with van der Waals surface area (Å²) in [6.07, 6.45) is -1.44. The monoisotopic (exact) mass is 355 g/mol. The van der Waals surface area contributed by atoms with E-state index in [2.05, 4.69) is 15.2 Å². The summed E-state index contributed by atoms with van der Waals surface area (Å²) < 4.78 is 15.9. The van der Waals surface area contributed by atoms with E-state index in [4.69, 9.17) is 9.47 Å². The molecule has 1 aromatic heterocycles. The fraction of sp³-hybridized carbons (Fsp3) is 0.625. The summed E-state index contributed by atoms with van der Waals surface area (Å²) in [4.78, 5) is 35.7. The third-order valence-corrected chi connectivity index (χ3v) is 2.56. The molecular weight excluding hydrogens is 330 g/mol. The lowest BCUT2D eigenvalue weighted by molar-refractivity contribution is 0.0479. The number of nitrogens with one attached hydrogen (secondary N) is 1. The van der Waals surface area contributed by atoms with Crippen molar-refractivity contribution in [2.24, 2.45) is 0 Å². The largest absolute Gasteiger partial charge is 0.464 e. The van der Waals surface area contributed by atoms with Crippen molar-refractivity contribution in [1.82, 2.24) is 15.1 Å². The maximum Gasteiger partial charge on any atom is 0.435 e. The number of carbonyl (C=O) groups is 3. The quantitative estimate of drug-likeness (QED) is 0.655. The van der Waals surface area contributed by atoms with Crippen LogP contribution in [0.4, 0.5) is 9.59 Å². The number of esters is 1. The molecule has 0 aliphatic heterocycles. The molecule has 0 spiro atoms. The Balaban J connectivity index is 2.99. The first-order chi connectivity index (χ1) is 11.3. The van der Waals surface area contributed by atoms with E-state index in [0.29, 0.717) is 0 Å². The second kappa shape index (κ2) is 7.54. The average molecular weight is 355 g/mol. The highest BCUT2D eigenvalue weighted by molar-refractivity contribution is 5.88. The molecular formula is C16H25N3O6. The van der Waals surface area contributed by atoms with E-state index in [-0.39, 0.29) is 17.9 Å². The Morgan fingerprint density at radius 2 is 1.64 bits per heavy atom. The topological polar surface area (TPSA) is 109 Å². The van der Waals surface area contributed by atoms with Crippen LogP contribution in [0.1, 0.15) is 57.7 Å². The van der Waals surface area contributed by atoms with E-state index in [0.717, 1.165) is 4.68 Å². The zero-order valence-corrected chi connectivity index (χ0v) is 15.6. The summed E-state index contributed by atoms with van der Waals surface area (Å²) in [6, 6.07) is 1.34. The van der Waals surface area contributed by atoms with Gasteiger partial charge in [-0.1, -0.05) is 0 Å². The normalized spacial score (nSPS) is 11.6. The van der Waals surface area contributed by atoms with E-state index in [9.17, 15) is 14.4 Å². The highest BCUT2D eigenvalue weighted by atomic mass is 16.6. The minimum Gasteiger partial charge on any atom is -0.464 e. The van der Waals surface area contributed by atoms with E-state index in [1.165, 1.54) is 13.2 Å². The minimum absolute atomic E-state index is 0.0747. The number of carbonyl (C=O) groups excluding carboxylic acids is 3. The number of hydrogen-bond donors (Lipinski definition) is 1. The van der Waals surface area contributed by atoms with E-state index in [1.807, 2.05) is 0 Å². The van der Waals surface area contributed by atoms with Crippen molar-refractivity contribution in [2.45, 2.75) is 59.3 Å². The second-order valence-corrected chi connectivity index (χ2v) is 7.26. The van der Waals surface area contributed by atoms with Gasteiger partial charge in [0.25, 0.3) is 0 Å². The van der Waals surface area contributed by atoms with Crippen LogP contribution < -0.4 is 5.32 Å². The Labute approximate surface area is 146 Å². The zero-order chi connectivity index (χ0) is 19.4. The second-order valence-electron chi connectivity index (χ2n) is 7.26. The van der Waals surface area contributed by atoms with Crippen molar-refractivity contribution >= 4 is 18.2 Å². The Hall–Kier alpha value is -2.58. The third kappa shape index (κ3) is 6.82. The maximum atomic E-state index is 12.3. The number of aromatic nitrogens is 2. The number of alkyl carbamates (subject to hydrolysis) is 1. The van der Waals surface area contributed by atoms with Crippen LogP contribution in [0.15, 0.2) is 6.07 Å². The zero-order valence-electron chi connectivity index (χ0n) is 15.6. The van der Waals surface area contributed by atoms with Gasteiger partial charge in [-0.05, 0) is 47.6 Å². The molecule has 1 heterocycles. The van der Waals surface area contributed by atoms with Crippen LogP contribution in [-0.4, -0.2) is 46.2 Å². The summed E-state index contributed by atoms with van der Waals surface area (Å²) in [7, 11) is 1.20. The molecule has 1 N–H and O–H groups in total. The average Bonchev–Trinajstić information content (AvgIpc) is 2.85. The Morgan fingerprint density at radius 3 is 2.12 bits per heavy atom. The molecule has 0 bridgehead atoms. The minimum atomic E-state index is -0.774. The van der Waals surface area contributed by atoms with Gasteiger partial charge >= 0.3 is 18.2 Å². The van der Waals surface area contributed by atoms with Gasteiger partial charge in [0.15, 0.2) is 5.69 Å². The van der Waals surface area contributed by atoms with Gasteiger partial charge in [0.1, 0.15) is 11.2 Å². The van der Waals surface area contributed by atoms with Crippen molar-refractivity contribution in [1.29, 1.82) is 0 Å². The number of methoxy groups -OCH3 is 1. The molecule has 0 saturated heterocycles. The van der Waals surface area contributed by atoms with E-state index < -0.39 is 29.4 Å². The summed E-state index contributed by atoms with van der Waals surface area (Å²) >= 11 is 0. The van der Waals surface area contributed by atoms with Crippen molar-refractivity contribution in [3.8, 4) is 0 Å². The van der Waals surface area contributed by atoms with Crippen LogP contribution >= 0.6 is 0 Å². The molecule has 0 aromatic carbocycles. The van der Waals surface area contributed by atoms with Gasteiger partial charge in [-0.25, -0.2) is 14.4 Å². The molecule has 0 unspecified atom stereocenters. The Morgan fingerprint density at radius 1 is 1.08 bits per heavy atom. The number of nitrogens with zero attached hydrogens (tertiary/aromatic N) is 2. The lowest BCUT2D eigenvalue weighted by Gasteiger charge is -2.21. The van der Waals surface area contributed by atoms with Gasteiger partial charge in [0, 0.05) is 0 Å². The van der Waals surface area contributed by atoms with Crippen LogP contribution in [0.3, 0.4) is 0 Å². The molecule has 0 saturated carbocycles. The number of hydrogen-bond acceptors (Lipinski definition) is 7. The summed E-state index contributed by atoms with van der Waals surface area (Å²) in [5, 5.41) is 6.40. The van der Waals surface area contributed by atoms with Crippen LogP contribution in [-0.2, 0) is 20.8 Å². The fourth-order valence-electron chi connectivity index (χ4n) is 1.69. The summed E-state index contributed by atoms with van der Waals surface area (Å²) in [5.41, 5.74) is -1.23. The van der Waals surface area contributed by atoms with Gasteiger partial charge in [0.2, 0.25) is 0 Å². The molecule has 140 valence electrons. The molecule has 25 heavy (non-hydrogen) atoms. The molecule has 0 radical (unpaired) electrons. The van der Waals surface area contributed by atoms with Gasteiger partial charge in [-0.3, -0.25) is 0 Å². The van der Waals surface area contributed by atoms with Crippen molar-refractivity contribution < 1.29 is 28.6 Å². The van der Waals surface area contributed by atoms with Gasteiger partial charge < -0.3 is 19.5 Å². The first-order valence-corrected chi connectivity index (χ1v) is 7.70. The van der Waals surface area contributed by atoms with E-state index >= 15 is 0 Å². The molecule has 0 aliphatic carbocycles. The van der Waals surface area contributed by atoms with Crippen molar-refractivity contribution in [3.63, 3.8) is 0 Å². The van der Waals surface area contributed by atoms with Crippen molar-refractivity contribution in [3.05, 3.63) is 17.5 Å². The number of ether oxygens (including phenoxy) is 3. The molecule has 1 aromatic rings. The molecule has 0 atom stereocenters. The summed E-state index contributed by atoms with van der Waals surface area (Å²) in [5.74, 6) is -0.708. The summed E-state index contributed by atoms with van der Waals surface area (Å²) in [6.45, 7) is 10.2. The SMILES string of the molecule is COC(=O)c1cc(CNC(=O)OC(C)(C)C)n(C(=O)OC(C)(C)C)n1. The predicted molar refractivity (Wildman–Crippen MR) is 88.3 cm³/mol. The molecule has 9 nitrogen and oxygen atoms in total. The Kier molecular flexibility index (Phi) is 6.17. The van der Waals surface area contributed by atoms with E-state index in [1.54, 1.807) is 41.5 Å². The van der Waals surface area contributed by atoms with Crippen molar-refractivity contribution in [2.75, 3.05) is 7.11 Å². The smallest absolute Gasteiger partial charge is 0.435 e. The molecule has 0 aliphatic rings. The van der Waals surface area contributed by atoms with Gasteiger partial charge in [0.05, 0.1) is 19.3 Å². The maximum absolute atomic E-state index is 12.3. The lowest BCUT2D eigenvalue weighted by atomic mass is 10.2. The highest BCUT2D eigenvalue weighted by Crippen LogP contribution is 2.13. The first-order valence-electron chi connectivity index (χ1n) is 7.70. The van der Waals surface area contributed by atoms with Crippen LogP contribution in [0, 0.1) is 0 Å². The highest BCUT2D eigenvalue weighted by Gasteiger charge is 2.24. The van der Waals surface area contributed by atoms with Gasteiger partial charge in [-0.15, -0.1) is 0 Å². The Bertz CT molecular complexity index is 652. The van der Waals surface area contributed by atoms with Gasteiger partial charge in [-0.2, -0.15) is 9.78 Å². The lowest BCUT2D eigenvalue weighted by Crippen LogP contribution is -2.34. The first kappa shape index (κ1) is 20.5. The molecule has 9 heteroatoms. The van der Waals surface area contributed by atoms with Crippen LogP contribution in [0.25, 0.3) is 0 Å². The molecule has 1 amide bonds. The van der Waals surface area contributed by atoms with Crippen LogP contribution in [0.2, 0.25) is 0 Å². The fourth-order valence-corrected chi connectivity index (χ4v) is 1.69. The number of rotatable bonds is 3. The number of amides is 1. The molecule has 1 rings (SSSR count).